The van der Waals surface area contributed by atoms with Crippen molar-refractivity contribution in [3.05, 3.63) is 29.0 Å². The molecule has 5 rings (SSSR count). The molecular formula is C21H27ClFN3O3. The molecule has 1 saturated heterocycles. The SMILES string of the molecule is CC1CCC(CNC(=O)C23CC(NC(=O)COc4ccc(Cl)c(F)c4)(C2)C3)NC1. The van der Waals surface area contributed by atoms with Crippen molar-refractivity contribution in [3.8, 4) is 5.75 Å². The van der Waals surface area contributed by atoms with Gasteiger partial charge in [-0.15, -0.1) is 0 Å². The van der Waals surface area contributed by atoms with Gasteiger partial charge in [0.15, 0.2) is 6.61 Å². The van der Waals surface area contributed by atoms with Gasteiger partial charge in [0.05, 0.1) is 10.4 Å². The average Bonchev–Trinajstić information content (AvgIpc) is 2.63. The Balaban J connectivity index is 1.17. The van der Waals surface area contributed by atoms with E-state index >= 15 is 0 Å². The van der Waals surface area contributed by atoms with Gasteiger partial charge < -0.3 is 20.7 Å². The van der Waals surface area contributed by atoms with Gasteiger partial charge in [0.25, 0.3) is 5.91 Å². The lowest BCUT2D eigenvalue weighted by Crippen LogP contribution is -2.78. The summed E-state index contributed by atoms with van der Waals surface area (Å²) in [6.07, 6.45) is 4.29. The lowest BCUT2D eigenvalue weighted by molar-refractivity contribution is -0.184. The third-order valence-corrected chi connectivity index (χ3v) is 6.76. The maximum Gasteiger partial charge on any atom is 0.258 e. The molecule has 4 fully saturated rings. The van der Waals surface area contributed by atoms with Crippen LogP contribution in [0.4, 0.5) is 4.39 Å². The zero-order valence-electron chi connectivity index (χ0n) is 16.5. The summed E-state index contributed by atoms with van der Waals surface area (Å²) in [6, 6.07) is 4.40. The molecule has 3 aliphatic carbocycles. The number of carbonyl (C=O) groups excluding carboxylic acids is 2. The molecule has 158 valence electrons. The van der Waals surface area contributed by atoms with Gasteiger partial charge in [-0.3, -0.25) is 9.59 Å². The number of hydrogen-bond acceptors (Lipinski definition) is 4. The summed E-state index contributed by atoms with van der Waals surface area (Å²) in [4.78, 5) is 24.7. The van der Waals surface area contributed by atoms with Crippen molar-refractivity contribution in [1.82, 2.24) is 16.0 Å². The first-order valence-corrected chi connectivity index (χ1v) is 10.6. The second-order valence-corrected chi connectivity index (χ2v) is 9.41. The van der Waals surface area contributed by atoms with Crippen LogP contribution in [0.2, 0.25) is 5.02 Å². The summed E-state index contributed by atoms with van der Waals surface area (Å²) in [5, 5.41) is 9.54. The van der Waals surface area contributed by atoms with Gasteiger partial charge in [-0.1, -0.05) is 18.5 Å². The van der Waals surface area contributed by atoms with E-state index in [9.17, 15) is 14.0 Å². The number of benzene rings is 1. The largest absolute Gasteiger partial charge is 0.484 e. The Bertz CT molecular complexity index is 791. The summed E-state index contributed by atoms with van der Waals surface area (Å²) in [5.41, 5.74) is -0.614. The minimum Gasteiger partial charge on any atom is -0.484 e. The van der Waals surface area contributed by atoms with Gasteiger partial charge in [0, 0.05) is 24.2 Å². The first-order chi connectivity index (χ1) is 13.8. The fraction of sp³-hybridized carbons (Fsp3) is 0.619. The molecule has 2 bridgehead atoms. The smallest absolute Gasteiger partial charge is 0.258 e. The van der Waals surface area contributed by atoms with Crippen molar-refractivity contribution >= 4 is 23.4 Å². The molecule has 1 aliphatic heterocycles. The number of piperidine rings is 1. The predicted octanol–water partition coefficient (Wildman–Crippen LogP) is 2.40. The fourth-order valence-corrected chi connectivity index (χ4v) is 4.96. The molecule has 3 saturated carbocycles. The molecule has 2 unspecified atom stereocenters. The van der Waals surface area contributed by atoms with Crippen LogP contribution < -0.4 is 20.7 Å². The lowest BCUT2D eigenvalue weighted by Gasteiger charge is -2.69. The van der Waals surface area contributed by atoms with Crippen LogP contribution in [0.1, 0.15) is 39.0 Å². The topological polar surface area (TPSA) is 79.5 Å². The highest BCUT2D eigenvalue weighted by molar-refractivity contribution is 6.30. The molecule has 2 amide bonds. The second-order valence-electron chi connectivity index (χ2n) is 9.00. The normalized spacial score (nSPS) is 32.5. The maximum atomic E-state index is 13.4. The van der Waals surface area contributed by atoms with E-state index in [2.05, 4.69) is 22.9 Å². The van der Waals surface area contributed by atoms with Crippen molar-refractivity contribution in [1.29, 1.82) is 0 Å². The van der Waals surface area contributed by atoms with Crippen LogP contribution in [-0.2, 0) is 9.59 Å². The summed E-state index contributed by atoms with van der Waals surface area (Å²) < 4.78 is 18.7. The molecule has 6 nitrogen and oxygen atoms in total. The Hall–Kier alpha value is -1.86. The van der Waals surface area contributed by atoms with Crippen molar-refractivity contribution < 1.29 is 18.7 Å². The summed E-state index contributed by atoms with van der Waals surface area (Å²) >= 11 is 5.63. The highest BCUT2D eigenvalue weighted by Crippen LogP contribution is 2.67. The number of rotatable bonds is 7. The lowest BCUT2D eigenvalue weighted by atomic mass is 9.39. The van der Waals surface area contributed by atoms with Crippen LogP contribution in [0.15, 0.2) is 18.2 Å². The van der Waals surface area contributed by atoms with Crippen molar-refractivity contribution in [2.45, 2.75) is 50.6 Å². The van der Waals surface area contributed by atoms with Crippen LogP contribution in [0, 0.1) is 17.2 Å². The Labute approximate surface area is 174 Å². The van der Waals surface area contributed by atoms with Crippen LogP contribution >= 0.6 is 11.6 Å². The molecule has 0 spiro atoms. The minimum atomic E-state index is -0.588. The molecular weight excluding hydrogens is 397 g/mol. The third kappa shape index (κ3) is 4.21. The molecule has 3 N–H and O–H groups in total. The molecule has 4 aliphatic rings. The summed E-state index contributed by atoms with van der Waals surface area (Å²) in [6.45, 7) is 3.70. The van der Waals surface area contributed by atoms with E-state index in [0.29, 0.717) is 37.8 Å². The van der Waals surface area contributed by atoms with E-state index in [1.54, 1.807) is 0 Å². The number of amides is 2. The Morgan fingerprint density at radius 2 is 2.07 bits per heavy atom. The molecule has 1 aromatic carbocycles. The Morgan fingerprint density at radius 3 is 2.72 bits per heavy atom. The van der Waals surface area contributed by atoms with Crippen LogP contribution in [0.3, 0.4) is 0 Å². The minimum absolute atomic E-state index is 0.00747. The van der Waals surface area contributed by atoms with Gasteiger partial charge in [-0.25, -0.2) is 4.39 Å². The van der Waals surface area contributed by atoms with E-state index in [1.165, 1.54) is 18.6 Å². The Kier molecular flexibility index (Phi) is 5.46. The molecule has 0 aromatic heterocycles. The molecule has 1 heterocycles. The van der Waals surface area contributed by atoms with Gasteiger partial charge in [-0.2, -0.15) is 0 Å². The Morgan fingerprint density at radius 1 is 1.31 bits per heavy atom. The van der Waals surface area contributed by atoms with Gasteiger partial charge in [0.1, 0.15) is 11.6 Å². The second kappa shape index (κ2) is 7.76. The van der Waals surface area contributed by atoms with Gasteiger partial charge in [0.2, 0.25) is 5.91 Å². The monoisotopic (exact) mass is 423 g/mol. The highest BCUT2D eigenvalue weighted by Gasteiger charge is 2.72. The maximum absolute atomic E-state index is 13.4. The molecule has 1 aromatic rings. The van der Waals surface area contributed by atoms with E-state index in [1.807, 2.05) is 0 Å². The van der Waals surface area contributed by atoms with E-state index < -0.39 is 5.82 Å². The number of ether oxygens (including phenoxy) is 1. The van der Waals surface area contributed by atoms with Crippen LogP contribution in [-0.4, -0.2) is 43.1 Å². The zero-order valence-corrected chi connectivity index (χ0v) is 17.3. The first kappa shape index (κ1) is 20.4. The fourth-order valence-electron chi connectivity index (χ4n) is 4.84. The number of hydrogen-bond donors (Lipinski definition) is 3. The third-order valence-electron chi connectivity index (χ3n) is 6.45. The quantitative estimate of drug-likeness (QED) is 0.629. The molecule has 2 atom stereocenters. The summed E-state index contributed by atoms with van der Waals surface area (Å²) in [7, 11) is 0. The van der Waals surface area contributed by atoms with Crippen molar-refractivity contribution in [2.24, 2.45) is 11.3 Å². The highest BCUT2D eigenvalue weighted by atomic mass is 35.5. The van der Waals surface area contributed by atoms with Crippen LogP contribution in [0.25, 0.3) is 0 Å². The number of halogens is 2. The number of carbonyl (C=O) groups is 2. The van der Waals surface area contributed by atoms with E-state index in [4.69, 9.17) is 16.3 Å². The molecule has 29 heavy (non-hydrogen) atoms. The summed E-state index contributed by atoms with van der Waals surface area (Å²) in [5.74, 6) is 0.193. The van der Waals surface area contributed by atoms with Crippen molar-refractivity contribution in [2.75, 3.05) is 19.7 Å². The predicted molar refractivity (Wildman–Crippen MR) is 107 cm³/mol. The number of nitrogens with one attached hydrogen (secondary N) is 3. The molecule has 8 heteroatoms. The molecule has 0 radical (unpaired) electrons. The van der Waals surface area contributed by atoms with Crippen molar-refractivity contribution in [3.63, 3.8) is 0 Å². The van der Waals surface area contributed by atoms with Crippen LogP contribution in [0.5, 0.6) is 5.75 Å². The van der Waals surface area contributed by atoms with E-state index in [-0.39, 0.29) is 40.1 Å². The standard InChI is InChI=1S/C21H27ClFN3O3/c1-13-2-3-14(24-7-13)8-25-19(28)20-10-21(11-20,12-20)26-18(27)9-29-15-4-5-16(22)17(23)6-15/h4-6,13-14,24H,2-3,7-12H2,1H3,(H,25,28)(H,26,27). The first-order valence-electron chi connectivity index (χ1n) is 10.2. The zero-order chi connectivity index (χ0) is 20.6. The average molecular weight is 424 g/mol. The van der Waals surface area contributed by atoms with E-state index in [0.717, 1.165) is 19.0 Å². The van der Waals surface area contributed by atoms with Gasteiger partial charge in [-0.05, 0) is 56.7 Å². The van der Waals surface area contributed by atoms with Gasteiger partial charge >= 0.3 is 0 Å².